The van der Waals surface area contributed by atoms with Crippen LogP contribution in [0.5, 0.6) is 5.75 Å². The van der Waals surface area contributed by atoms with Crippen molar-refractivity contribution in [3.63, 3.8) is 0 Å². The third-order valence-corrected chi connectivity index (χ3v) is 4.50. The predicted molar refractivity (Wildman–Crippen MR) is 83.6 cm³/mol. The smallest absolute Gasteiger partial charge is 0.228 e. The maximum atomic E-state index is 12.2. The van der Waals surface area contributed by atoms with Crippen LogP contribution in [0.2, 0.25) is 0 Å². The lowest BCUT2D eigenvalue weighted by Gasteiger charge is -2.11. The molecule has 2 aliphatic carbocycles. The highest BCUT2D eigenvalue weighted by Gasteiger charge is 2.48. The van der Waals surface area contributed by atoms with Gasteiger partial charge in [-0.3, -0.25) is 9.59 Å². The first kappa shape index (κ1) is 14.9. The fourth-order valence-electron chi connectivity index (χ4n) is 3.09. The molecule has 2 amide bonds. The first-order valence-electron chi connectivity index (χ1n) is 7.92. The van der Waals surface area contributed by atoms with Crippen molar-refractivity contribution < 1.29 is 14.3 Å². The molecule has 2 atom stereocenters. The number of nitrogens with one attached hydrogen (secondary N) is 2. The van der Waals surface area contributed by atoms with E-state index in [1.165, 1.54) is 12.8 Å². The summed E-state index contributed by atoms with van der Waals surface area (Å²) in [6, 6.07) is 7.55. The molecule has 0 aromatic heterocycles. The zero-order valence-corrected chi connectivity index (χ0v) is 12.8. The molecule has 0 bridgehead atoms. The lowest BCUT2D eigenvalue weighted by atomic mass is 10.2. The highest BCUT2D eigenvalue weighted by atomic mass is 16.5. The average molecular weight is 302 g/mol. The third-order valence-electron chi connectivity index (χ3n) is 4.50. The Morgan fingerprint density at radius 1 is 1.14 bits per heavy atom. The molecule has 2 N–H and O–H groups in total. The molecule has 0 aliphatic heterocycles. The van der Waals surface area contributed by atoms with Gasteiger partial charge < -0.3 is 15.4 Å². The summed E-state index contributed by atoms with van der Waals surface area (Å²) in [5.74, 6) is 0.292. The normalized spacial score (nSPS) is 23.9. The Kier molecular flexibility index (Phi) is 4.32. The standard InChI is InChI=1S/C17H22N2O3/c1-22-13-8-4-7-12(9-13)19-17(21)15-10-14(15)16(20)18-11-5-2-3-6-11/h4,7-9,11,14-15H,2-3,5-6,10H2,1H3,(H,18,20)(H,19,21). The van der Waals surface area contributed by atoms with Crippen molar-refractivity contribution in [3.8, 4) is 5.75 Å². The van der Waals surface area contributed by atoms with E-state index in [2.05, 4.69) is 10.6 Å². The number of amides is 2. The largest absolute Gasteiger partial charge is 0.497 e. The van der Waals surface area contributed by atoms with Gasteiger partial charge in [-0.2, -0.15) is 0 Å². The number of hydrogen-bond acceptors (Lipinski definition) is 3. The molecule has 2 fully saturated rings. The third kappa shape index (κ3) is 3.40. The molecule has 5 heteroatoms. The summed E-state index contributed by atoms with van der Waals surface area (Å²) in [5, 5.41) is 5.93. The van der Waals surface area contributed by atoms with Gasteiger partial charge in [0.15, 0.2) is 0 Å². The van der Waals surface area contributed by atoms with Crippen molar-refractivity contribution in [2.45, 2.75) is 38.1 Å². The summed E-state index contributed by atoms with van der Waals surface area (Å²) in [7, 11) is 1.59. The number of carbonyl (C=O) groups excluding carboxylic acids is 2. The average Bonchev–Trinajstić information content (AvgIpc) is 3.18. The van der Waals surface area contributed by atoms with Gasteiger partial charge in [0, 0.05) is 17.8 Å². The molecule has 118 valence electrons. The molecule has 5 nitrogen and oxygen atoms in total. The minimum Gasteiger partial charge on any atom is -0.497 e. The molecule has 2 unspecified atom stereocenters. The highest BCUT2D eigenvalue weighted by molar-refractivity contribution is 5.99. The van der Waals surface area contributed by atoms with Gasteiger partial charge >= 0.3 is 0 Å². The molecule has 0 spiro atoms. The van der Waals surface area contributed by atoms with Crippen molar-refractivity contribution in [3.05, 3.63) is 24.3 Å². The van der Waals surface area contributed by atoms with Crippen LogP contribution in [0, 0.1) is 11.8 Å². The molecule has 22 heavy (non-hydrogen) atoms. The van der Waals surface area contributed by atoms with Gasteiger partial charge in [0.05, 0.1) is 18.9 Å². The van der Waals surface area contributed by atoms with Crippen LogP contribution in [0.3, 0.4) is 0 Å². The van der Waals surface area contributed by atoms with Crippen LogP contribution < -0.4 is 15.4 Å². The SMILES string of the molecule is COc1cccc(NC(=O)C2CC2C(=O)NC2CCCC2)c1. The molecule has 0 saturated heterocycles. The first-order chi connectivity index (χ1) is 10.7. The number of methoxy groups -OCH3 is 1. The molecule has 1 aromatic carbocycles. The monoisotopic (exact) mass is 302 g/mol. The number of carbonyl (C=O) groups is 2. The molecule has 1 aromatic rings. The molecule has 2 aliphatic rings. The fraction of sp³-hybridized carbons (Fsp3) is 0.529. The Morgan fingerprint density at radius 2 is 1.86 bits per heavy atom. The summed E-state index contributed by atoms with van der Waals surface area (Å²) < 4.78 is 5.13. The fourth-order valence-corrected chi connectivity index (χ4v) is 3.09. The van der Waals surface area contributed by atoms with Gasteiger partial charge in [0.1, 0.15) is 5.75 Å². The second-order valence-corrected chi connectivity index (χ2v) is 6.16. The Labute approximate surface area is 130 Å². The van der Waals surface area contributed by atoms with Crippen molar-refractivity contribution in [1.82, 2.24) is 5.32 Å². The second kappa shape index (κ2) is 6.38. The lowest BCUT2D eigenvalue weighted by molar-refractivity contribution is -0.125. The summed E-state index contributed by atoms with van der Waals surface area (Å²) in [5.41, 5.74) is 0.700. The van der Waals surface area contributed by atoms with Crippen LogP contribution in [-0.4, -0.2) is 25.0 Å². The number of ether oxygens (including phenoxy) is 1. The second-order valence-electron chi connectivity index (χ2n) is 6.16. The predicted octanol–water partition coefficient (Wildman–Crippen LogP) is 2.33. The quantitative estimate of drug-likeness (QED) is 0.877. The zero-order chi connectivity index (χ0) is 15.5. The topological polar surface area (TPSA) is 67.4 Å². The van der Waals surface area contributed by atoms with Crippen molar-refractivity contribution in [1.29, 1.82) is 0 Å². The molecule has 0 radical (unpaired) electrons. The number of anilines is 1. The summed E-state index contributed by atoms with van der Waals surface area (Å²) in [6.45, 7) is 0. The van der Waals surface area contributed by atoms with Gasteiger partial charge in [0.25, 0.3) is 0 Å². The Morgan fingerprint density at radius 3 is 2.59 bits per heavy atom. The van der Waals surface area contributed by atoms with Crippen molar-refractivity contribution in [2.75, 3.05) is 12.4 Å². The van der Waals surface area contributed by atoms with Crippen LogP contribution in [0.1, 0.15) is 32.1 Å². The molecular weight excluding hydrogens is 280 g/mol. The first-order valence-corrected chi connectivity index (χ1v) is 7.92. The van der Waals surface area contributed by atoms with Crippen LogP contribution in [0.25, 0.3) is 0 Å². The van der Waals surface area contributed by atoms with Gasteiger partial charge in [0.2, 0.25) is 11.8 Å². The molecular formula is C17H22N2O3. The van der Waals surface area contributed by atoms with E-state index < -0.39 is 0 Å². The van der Waals surface area contributed by atoms with E-state index in [0.717, 1.165) is 12.8 Å². The van der Waals surface area contributed by atoms with Gasteiger partial charge in [-0.25, -0.2) is 0 Å². The van der Waals surface area contributed by atoms with E-state index in [1.54, 1.807) is 13.2 Å². The van der Waals surface area contributed by atoms with Crippen LogP contribution >= 0.6 is 0 Å². The Balaban J connectivity index is 1.50. The van der Waals surface area contributed by atoms with E-state index in [1.807, 2.05) is 18.2 Å². The summed E-state index contributed by atoms with van der Waals surface area (Å²) in [4.78, 5) is 24.3. The highest BCUT2D eigenvalue weighted by Crippen LogP contribution is 2.40. The summed E-state index contributed by atoms with van der Waals surface area (Å²) >= 11 is 0. The van der Waals surface area contributed by atoms with Gasteiger partial charge in [-0.15, -0.1) is 0 Å². The van der Waals surface area contributed by atoms with E-state index in [4.69, 9.17) is 4.74 Å². The van der Waals surface area contributed by atoms with E-state index in [-0.39, 0.29) is 23.7 Å². The number of rotatable bonds is 5. The minimum atomic E-state index is -0.201. The van der Waals surface area contributed by atoms with Crippen LogP contribution in [0.4, 0.5) is 5.69 Å². The maximum absolute atomic E-state index is 12.2. The van der Waals surface area contributed by atoms with Crippen molar-refractivity contribution in [2.24, 2.45) is 11.8 Å². The maximum Gasteiger partial charge on any atom is 0.228 e. The summed E-state index contributed by atoms with van der Waals surface area (Å²) in [6.07, 6.45) is 5.16. The van der Waals surface area contributed by atoms with E-state index in [9.17, 15) is 9.59 Å². The molecule has 2 saturated carbocycles. The van der Waals surface area contributed by atoms with Crippen molar-refractivity contribution >= 4 is 17.5 Å². The lowest BCUT2D eigenvalue weighted by Crippen LogP contribution is -2.34. The van der Waals surface area contributed by atoms with Gasteiger partial charge in [-0.1, -0.05) is 18.9 Å². The zero-order valence-electron chi connectivity index (χ0n) is 12.8. The number of benzene rings is 1. The van der Waals surface area contributed by atoms with E-state index >= 15 is 0 Å². The van der Waals surface area contributed by atoms with E-state index in [0.29, 0.717) is 23.9 Å². The minimum absolute atomic E-state index is 0.0395. The molecule has 0 heterocycles. The van der Waals surface area contributed by atoms with Crippen LogP contribution in [0.15, 0.2) is 24.3 Å². The van der Waals surface area contributed by atoms with Crippen LogP contribution in [-0.2, 0) is 9.59 Å². The number of hydrogen-bond donors (Lipinski definition) is 2. The Hall–Kier alpha value is -2.04. The van der Waals surface area contributed by atoms with Gasteiger partial charge in [-0.05, 0) is 31.4 Å². The molecule has 3 rings (SSSR count). The Bertz CT molecular complexity index is 567.